The number of likely N-dealkylation sites (N-methyl/N-ethyl adjacent to an activating group) is 1. The lowest BCUT2D eigenvalue weighted by atomic mass is 10.0. The average molecular weight is 580 g/mol. The van der Waals surface area contributed by atoms with Gasteiger partial charge in [-0.2, -0.15) is 10.5 Å². The number of benzene rings is 4. The number of nitrogens with zero attached hydrogens (tertiary/aromatic N) is 5. The highest BCUT2D eigenvalue weighted by molar-refractivity contribution is 6.02. The second kappa shape index (κ2) is 12.1. The molecule has 9 heteroatoms. The molecule has 9 nitrogen and oxygen atoms in total. The summed E-state index contributed by atoms with van der Waals surface area (Å²) in [5.41, 5.74) is 8.02. The number of nitro groups is 1. The topological polar surface area (TPSA) is 129 Å². The number of nitro benzene ring substituents is 1. The maximum absolute atomic E-state index is 11.2. The first-order valence-electron chi connectivity index (χ1n) is 14.3. The van der Waals surface area contributed by atoms with Gasteiger partial charge >= 0.3 is 0 Å². The molecule has 1 saturated heterocycles. The number of aromatic amines is 2. The lowest BCUT2D eigenvalue weighted by molar-refractivity contribution is -0.383. The SMILES string of the molecule is CN1CCN(c2cccc3[nH]c(-c4cccc(C#N)c4)cc23)CC1.N#Cc1cccc(-c2c[nH]c3cccc([N+](=O)[O-])c23)c1. The number of hydrogen-bond acceptors (Lipinski definition) is 6. The summed E-state index contributed by atoms with van der Waals surface area (Å²) in [6.45, 7) is 4.30. The molecule has 0 radical (unpaired) electrons. The summed E-state index contributed by atoms with van der Waals surface area (Å²) in [5, 5.41) is 31.0. The van der Waals surface area contributed by atoms with Gasteiger partial charge in [0.05, 0.1) is 39.1 Å². The number of H-pyrrole nitrogens is 2. The first-order chi connectivity index (χ1) is 21.4. The van der Waals surface area contributed by atoms with Crippen molar-refractivity contribution in [2.75, 3.05) is 38.1 Å². The van der Waals surface area contributed by atoms with Gasteiger partial charge in [0.25, 0.3) is 5.69 Å². The summed E-state index contributed by atoms with van der Waals surface area (Å²) < 4.78 is 0. The van der Waals surface area contributed by atoms with Crippen LogP contribution in [-0.4, -0.2) is 53.0 Å². The summed E-state index contributed by atoms with van der Waals surface area (Å²) in [5.74, 6) is 0. The molecule has 1 fully saturated rings. The monoisotopic (exact) mass is 579 g/mol. The van der Waals surface area contributed by atoms with E-state index >= 15 is 0 Å². The third-order valence-corrected chi connectivity index (χ3v) is 7.97. The fourth-order valence-electron chi connectivity index (χ4n) is 5.68. The van der Waals surface area contributed by atoms with Gasteiger partial charge in [-0.3, -0.25) is 10.1 Å². The molecular formula is C35H29N7O2. The molecule has 2 aromatic heterocycles. The maximum Gasteiger partial charge on any atom is 0.279 e. The predicted molar refractivity (Wildman–Crippen MR) is 173 cm³/mol. The van der Waals surface area contributed by atoms with Crippen LogP contribution in [0, 0.1) is 32.8 Å². The molecule has 216 valence electrons. The van der Waals surface area contributed by atoms with E-state index in [0.29, 0.717) is 22.0 Å². The number of non-ortho nitro benzene ring substituents is 1. The van der Waals surface area contributed by atoms with Crippen molar-refractivity contribution in [1.82, 2.24) is 14.9 Å². The second-order valence-electron chi connectivity index (χ2n) is 10.8. The molecule has 7 rings (SSSR count). The molecule has 0 unspecified atom stereocenters. The van der Waals surface area contributed by atoms with Crippen LogP contribution in [-0.2, 0) is 0 Å². The Bertz CT molecular complexity index is 2070. The van der Waals surface area contributed by atoms with E-state index in [-0.39, 0.29) is 5.69 Å². The standard InChI is InChI=1S/C20H20N4.C15H9N3O2/c1-23-8-10-24(11-9-23)20-7-3-6-18-17(20)13-19(22-18)16-5-2-4-15(12-16)14-21;16-8-10-3-1-4-11(7-10)12-9-17-13-5-2-6-14(15(12)13)18(19)20/h2-7,12-13,22H,8-11H2,1H3;1-7,9,17H. The van der Waals surface area contributed by atoms with Gasteiger partial charge in [0.1, 0.15) is 0 Å². The minimum absolute atomic E-state index is 0.0566. The van der Waals surface area contributed by atoms with Gasteiger partial charge in [0, 0.05) is 66.3 Å². The molecule has 44 heavy (non-hydrogen) atoms. The van der Waals surface area contributed by atoms with E-state index in [4.69, 9.17) is 10.5 Å². The number of aromatic nitrogens is 2. The number of anilines is 1. The summed E-state index contributed by atoms with van der Waals surface area (Å²) >= 11 is 0. The van der Waals surface area contributed by atoms with Crippen LogP contribution >= 0.6 is 0 Å². The Kier molecular flexibility index (Phi) is 7.79. The highest BCUT2D eigenvalue weighted by atomic mass is 16.6. The Hall–Kier alpha value is -5.90. The number of fused-ring (bicyclic) bond motifs is 2. The zero-order valence-electron chi connectivity index (χ0n) is 24.1. The Balaban J connectivity index is 0.000000159. The van der Waals surface area contributed by atoms with E-state index in [1.54, 1.807) is 36.5 Å². The quantitative estimate of drug-likeness (QED) is 0.170. The van der Waals surface area contributed by atoms with Crippen LogP contribution in [0.2, 0.25) is 0 Å². The Labute approximate surface area is 254 Å². The maximum atomic E-state index is 11.2. The fourth-order valence-corrected chi connectivity index (χ4v) is 5.68. The van der Waals surface area contributed by atoms with E-state index in [1.807, 2.05) is 30.3 Å². The van der Waals surface area contributed by atoms with Crippen LogP contribution in [0.1, 0.15) is 11.1 Å². The van der Waals surface area contributed by atoms with Crippen LogP contribution in [0.25, 0.3) is 44.2 Å². The van der Waals surface area contributed by atoms with Crippen LogP contribution in [0.4, 0.5) is 11.4 Å². The largest absolute Gasteiger partial charge is 0.368 e. The van der Waals surface area contributed by atoms with Gasteiger partial charge < -0.3 is 19.8 Å². The number of nitrogens with one attached hydrogen (secondary N) is 2. The highest BCUT2D eigenvalue weighted by Gasteiger charge is 2.19. The normalized spacial score (nSPS) is 13.2. The smallest absolute Gasteiger partial charge is 0.279 e. The van der Waals surface area contributed by atoms with E-state index in [1.165, 1.54) is 17.1 Å². The molecule has 0 spiro atoms. The first kappa shape index (κ1) is 28.2. The van der Waals surface area contributed by atoms with Crippen molar-refractivity contribution in [3.05, 3.63) is 118 Å². The predicted octanol–water partition coefficient (Wildman–Crippen LogP) is 7.07. The molecule has 3 heterocycles. The summed E-state index contributed by atoms with van der Waals surface area (Å²) in [6, 6.07) is 32.6. The van der Waals surface area contributed by atoms with E-state index in [2.05, 4.69) is 63.2 Å². The fraction of sp³-hybridized carbons (Fsp3) is 0.143. The molecule has 1 aliphatic rings. The van der Waals surface area contributed by atoms with Gasteiger partial charge in [-0.15, -0.1) is 0 Å². The molecular weight excluding hydrogens is 550 g/mol. The van der Waals surface area contributed by atoms with Gasteiger partial charge in [-0.1, -0.05) is 36.4 Å². The van der Waals surface area contributed by atoms with Crippen molar-refractivity contribution < 1.29 is 4.92 Å². The average Bonchev–Trinajstić information content (AvgIpc) is 3.70. The Morgan fingerprint density at radius 1 is 0.795 bits per heavy atom. The van der Waals surface area contributed by atoms with Crippen molar-refractivity contribution in [1.29, 1.82) is 10.5 Å². The summed E-state index contributed by atoms with van der Waals surface area (Å²) in [6.07, 6.45) is 1.73. The molecule has 1 aliphatic heterocycles. The number of hydrogen-bond donors (Lipinski definition) is 2. The molecule has 0 aliphatic carbocycles. The molecule has 0 amide bonds. The first-order valence-corrected chi connectivity index (χ1v) is 14.3. The molecule has 0 bridgehead atoms. The van der Waals surface area contributed by atoms with Gasteiger partial charge in [-0.25, -0.2) is 0 Å². The lowest BCUT2D eigenvalue weighted by Crippen LogP contribution is -2.44. The van der Waals surface area contributed by atoms with Crippen LogP contribution < -0.4 is 4.90 Å². The van der Waals surface area contributed by atoms with Crippen molar-refractivity contribution in [2.24, 2.45) is 0 Å². The van der Waals surface area contributed by atoms with Crippen LogP contribution in [0.15, 0.2) is 97.2 Å². The molecule has 0 saturated carbocycles. The summed E-state index contributed by atoms with van der Waals surface area (Å²) in [7, 11) is 2.18. The Morgan fingerprint density at radius 2 is 1.43 bits per heavy atom. The second-order valence-corrected chi connectivity index (χ2v) is 10.8. The number of nitriles is 2. The van der Waals surface area contributed by atoms with E-state index in [9.17, 15) is 10.1 Å². The Morgan fingerprint density at radius 3 is 2.14 bits per heavy atom. The zero-order chi connectivity index (χ0) is 30.6. The van der Waals surface area contributed by atoms with Crippen molar-refractivity contribution >= 4 is 33.2 Å². The van der Waals surface area contributed by atoms with E-state index < -0.39 is 4.92 Å². The minimum atomic E-state index is -0.395. The van der Waals surface area contributed by atoms with E-state index in [0.717, 1.165) is 54.1 Å². The number of rotatable bonds is 4. The zero-order valence-corrected chi connectivity index (χ0v) is 24.1. The molecule has 4 aromatic carbocycles. The van der Waals surface area contributed by atoms with Crippen LogP contribution in [0.5, 0.6) is 0 Å². The van der Waals surface area contributed by atoms with Gasteiger partial charge in [0.2, 0.25) is 0 Å². The summed E-state index contributed by atoms with van der Waals surface area (Å²) in [4.78, 5) is 22.1. The number of piperazine rings is 1. The van der Waals surface area contributed by atoms with Crippen molar-refractivity contribution in [3.63, 3.8) is 0 Å². The lowest BCUT2D eigenvalue weighted by Gasteiger charge is -2.34. The van der Waals surface area contributed by atoms with Crippen molar-refractivity contribution in [2.45, 2.75) is 0 Å². The highest BCUT2D eigenvalue weighted by Crippen LogP contribution is 2.35. The molecule has 2 N–H and O–H groups in total. The van der Waals surface area contributed by atoms with Gasteiger partial charge in [0.15, 0.2) is 0 Å². The molecule has 6 aromatic rings. The van der Waals surface area contributed by atoms with Gasteiger partial charge in [-0.05, 0) is 66.7 Å². The third-order valence-electron chi connectivity index (χ3n) is 7.97. The van der Waals surface area contributed by atoms with Crippen LogP contribution in [0.3, 0.4) is 0 Å². The third kappa shape index (κ3) is 5.60. The van der Waals surface area contributed by atoms with Crippen molar-refractivity contribution in [3.8, 4) is 34.5 Å². The minimum Gasteiger partial charge on any atom is -0.368 e. The molecule has 0 atom stereocenters.